The van der Waals surface area contributed by atoms with E-state index in [9.17, 15) is 4.79 Å². The lowest BCUT2D eigenvalue weighted by molar-refractivity contribution is -0.158. The van der Waals surface area contributed by atoms with Crippen molar-refractivity contribution >= 4 is 5.97 Å². The highest BCUT2D eigenvalue weighted by molar-refractivity contribution is 5.79. The van der Waals surface area contributed by atoms with Gasteiger partial charge in [-0.2, -0.15) is 0 Å². The maximum atomic E-state index is 11.1. The van der Waals surface area contributed by atoms with Crippen molar-refractivity contribution in [3.05, 3.63) is 6.92 Å². The van der Waals surface area contributed by atoms with Crippen molar-refractivity contribution in [2.45, 2.75) is 38.8 Å². The van der Waals surface area contributed by atoms with Crippen LogP contribution in [0.25, 0.3) is 0 Å². The zero-order valence-electron chi connectivity index (χ0n) is 7.60. The second kappa shape index (κ2) is 2.81. The zero-order valence-corrected chi connectivity index (χ0v) is 7.60. The summed E-state index contributed by atoms with van der Waals surface area (Å²) in [6.07, 6.45) is 0. The van der Waals surface area contributed by atoms with E-state index >= 15 is 0 Å². The van der Waals surface area contributed by atoms with Gasteiger partial charge in [0.2, 0.25) is 0 Å². The van der Waals surface area contributed by atoms with E-state index in [0.29, 0.717) is 0 Å². The number of carbonyl (C=O) groups is 1. The lowest BCUT2D eigenvalue weighted by atomic mass is 10.1. The van der Waals surface area contributed by atoms with E-state index in [0.717, 1.165) is 0 Å². The van der Waals surface area contributed by atoms with Crippen LogP contribution in [0, 0.1) is 6.92 Å². The molecule has 0 fully saturated rings. The molecule has 0 aliphatic carbocycles. The number of nitrogens with two attached hydrogens (primary N) is 1. The molecule has 65 valence electrons. The number of ether oxygens (including phenoxy) is 1. The third kappa shape index (κ3) is 4.79. The van der Waals surface area contributed by atoms with Crippen LogP contribution in [-0.4, -0.2) is 17.1 Å². The van der Waals surface area contributed by atoms with Crippen molar-refractivity contribution in [3.63, 3.8) is 0 Å². The molecular formula is C8H16NO2. The highest BCUT2D eigenvalue weighted by atomic mass is 16.6. The maximum Gasteiger partial charge on any atom is 0.326 e. The summed E-state index contributed by atoms with van der Waals surface area (Å²) in [5.74, 6) is -0.433. The van der Waals surface area contributed by atoms with Crippen LogP contribution in [0.2, 0.25) is 0 Å². The Morgan fingerprint density at radius 2 is 1.73 bits per heavy atom. The average molecular weight is 158 g/mol. The lowest BCUT2D eigenvalue weighted by Crippen LogP contribution is -2.45. The van der Waals surface area contributed by atoms with Gasteiger partial charge in [-0.05, 0) is 34.6 Å². The molecule has 11 heavy (non-hydrogen) atoms. The van der Waals surface area contributed by atoms with Crippen LogP contribution in [0.1, 0.15) is 27.7 Å². The fourth-order valence-electron chi connectivity index (χ4n) is 0.382. The maximum absolute atomic E-state index is 11.1. The molecule has 0 aliphatic rings. The van der Waals surface area contributed by atoms with Crippen LogP contribution < -0.4 is 5.73 Å². The summed E-state index contributed by atoms with van der Waals surface area (Å²) < 4.78 is 4.93. The Balaban J connectivity index is 4.11. The highest BCUT2D eigenvalue weighted by Crippen LogP contribution is 2.11. The van der Waals surface area contributed by atoms with Gasteiger partial charge in [-0.25, -0.2) is 0 Å². The first-order valence-corrected chi connectivity index (χ1v) is 3.50. The fraction of sp³-hybridized carbons (Fsp3) is 0.750. The van der Waals surface area contributed by atoms with Crippen molar-refractivity contribution in [1.29, 1.82) is 0 Å². The summed E-state index contributed by atoms with van der Waals surface area (Å²) in [7, 11) is 0. The van der Waals surface area contributed by atoms with E-state index < -0.39 is 17.1 Å². The fourth-order valence-corrected chi connectivity index (χ4v) is 0.382. The number of hydrogen-bond acceptors (Lipinski definition) is 3. The average Bonchev–Trinajstić information content (AvgIpc) is 1.56. The molecule has 3 heteroatoms. The van der Waals surface area contributed by atoms with Crippen LogP contribution >= 0.6 is 0 Å². The molecule has 0 spiro atoms. The number of rotatable bonds is 2. The topological polar surface area (TPSA) is 52.3 Å². The second-order valence-electron chi connectivity index (χ2n) is 3.87. The van der Waals surface area contributed by atoms with E-state index in [1.54, 1.807) is 27.7 Å². The second-order valence-corrected chi connectivity index (χ2v) is 3.87. The van der Waals surface area contributed by atoms with E-state index in [2.05, 4.69) is 6.92 Å². The Morgan fingerprint density at radius 3 is 1.82 bits per heavy atom. The van der Waals surface area contributed by atoms with Gasteiger partial charge < -0.3 is 10.5 Å². The summed E-state index contributed by atoms with van der Waals surface area (Å²) in [5.41, 5.74) is 3.85. The third-order valence-corrected chi connectivity index (χ3v) is 0.895. The Hall–Kier alpha value is -0.570. The Morgan fingerprint density at radius 1 is 1.36 bits per heavy atom. The highest BCUT2D eigenvalue weighted by Gasteiger charge is 2.28. The van der Waals surface area contributed by atoms with Crippen molar-refractivity contribution < 1.29 is 9.53 Å². The quantitative estimate of drug-likeness (QED) is 0.607. The van der Waals surface area contributed by atoms with Crippen molar-refractivity contribution in [2.75, 3.05) is 0 Å². The van der Waals surface area contributed by atoms with E-state index in [1.165, 1.54) is 0 Å². The van der Waals surface area contributed by atoms with Gasteiger partial charge in [-0.1, -0.05) is 0 Å². The molecule has 0 bridgehead atoms. The Bertz CT molecular complexity index is 150. The Kier molecular flexibility index (Phi) is 2.67. The van der Waals surface area contributed by atoms with Gasteiger partial charge in [0.25, 0.3) is 0 Å². The van der Waals surface area contributed by atoms with Gasteiger partial charge in [0.05, 0.1) is 0 Å². The first kappa shape index (κ1) is 10.4. The lowest BCUT2D eigenvalue weighted by Gasteiger charge is -2.25. The molecule has 0 saturated heterocycles. The predicted octanol–water partition coefficient (Wildman–Crippen LogP) is 0.880. The Labute approximate surface area is 67.9 Å². The van der Waals surface area contributed by atoms with Gasteiger partial charge in [0.15, 0.2) is 0 Å². The summed E-state index contributed by atoms with van der Waals surface area (Å²) >= 11 is 0. The molecule has 1 radical (unpaired) electrons. The first-order chi connectivity index (χ1) is 4.63. The van der Waals surface area contributed by atoms with Gasteiger partial charge >= 0.3 is 5.97 Å². The van der Waals surface area contributed by atoms with Crippen LogP contribution in [-0.2, 0) is 9.53 Å². The van der Waals surface area contributed by atoms with Crippen molar-refractivity contribution in [3.8, 4) is 0 Å². The normalized spacial score (nSPS) is 12.9. The standard InChI is InChI=1S/C8H16NO2/c1-7(2,3)11-6(10)8(4,5)9/h1,9H2,2-5H3. The molecule has 0 aromatic rings. The molecule has 0 aromatic carbocycles. The first-order valence-electron chi connectivity index (χ1n) is 3.50. The number of esters is 1. The summed E-state index contributed by atoms with van der Waals surface area (Å²) in [6.45, 7) is 10.2. The van der Waals surface area contributed by atoms with Gasteiger partial charge in [-0.15, -0.1) is 0 Å². The van der Waals surface area contributed by atoms with E-state index in [4.69, 9.17) is 10.5 Å². The molecular weight excluding hydrogens is 142 g/mol. The molecule has 0 atom stereocenters. The van der Waals surface area contributed by atoms with Gasteiger partial charge in [0.1, 0.15) is 11.1 Å². The molecule has 0 amide bonds. The van der Waals surface area contributed by atoms with Crippen LogP contribution in [0.4, 0.5) is 0 Å². The largest absolute Gasteiger partial charge is 0.458 e. The third-order valence-electron chi connectivity index (χ3n) is 0.895. The smallest absolute Gasteiger partial charge is 0.326 e. The number of hydrogen-bond donors (Lipinski definition) is 1. The SMILES string of the molecule is [CH2]C(C)(C)OC(=O)C(C)(C)N. The molecule has 2 N–H and O–H groups in total. The summed E-state index contributed by atoms with van der Waals surface area (Å²) in [6, 6.07) is 0. The summed E-state index contributed by atoms with van der Waals surface area (Å²) in [5, 5.41) is 0. The van der Waals surface area contributed by atoms with Crippen LogP contribution in [0.5, 0.6) is 0 Å². The van der Waals surface area contributed by atoms with Gasteiger partial charge in [0, 0.05) is 0 Å². The van der Waals surface area contributed by atoms with E-state index in [1.807, 2.05) is 0 Å². The van der Waals surface area contributed by atoms with Crippen LogP contribution in [0.15, 0.2) is 0 Å². The summed E-state index contributed by atoms with van der Waals surface area (Å²) in [4.78, 5) is 11.1. The molecule has 0 rings (SSSR count). The molecule has 0 aromatic heterocycles. The zero-order chi connectivity index (χ0) is 9.28. The number of carbonyl (C=O) groups excluding carboxylic acids is 1. The molecule has 0 heterocycles. The molecule has 0 saturated carbocycles. The van der Waals surface area contributed by atoms with E-state index in [-0.39, 0.29) is 0 Å². The molecule has 3 nitrogen and oxygen atoms in total. The minimum atomic E-state index is -0.936. The van der Waals surface area contributed by atoms with Crippen molar-refractivity contribution in [1.82, 2.24) is 0 Å². The predicted molar refractivity (Wildman–Crippen MR) is 43.8 cm³/mol. The van der Waals surface area contributed by atoms with Crippen molar-refractivity contribution in [2.24, 2.45) is 5.73 Å². The molecule has 0 unspecified atom stereocenters. The van der Waals surface area contributed by atoms with Gasteiger partial charge in [-0.3, -0.25) is 4.79 Å². The minimum Gasteiger partial charge on any atom is -0.458 e. The minimum absolute atomic E-state index is 0.433. The molecule has 0 aliphatic heterocycles. The monoisotopic (exact) mass is 158 g/mol. The van der Waals surface area contributed by atoms with Crippen LogP contribution in [0.3, 0.4) is 0 Å².